The van der Waals surface area contributed by atoms with Gasteiger partial charge in [0.05, 0.1) is 22.9 Å². The van der Waals surface area contributed by atoms with Crippen molar-refractivity contribution in [3.8, 4) is 17.0 Å². The summed E-state index contributed by atoms with van der Waals surface area (Å²) in [4.78, 5) is 16.9. The van der Waals surface area contributed by atoms with Gasteiger partial charge in [-0.15, -0.1) is 11.3 Å². The van der Waals surface area contributed by atoms with Crippen LogP contribution in [0.25, 0.3) is 11.3 Å². The van der Waals surface area contributed by atoms with Gasteiger partial charge in [-0.2, -0.15) is 0 Å². The SMILES string of the molecule is CCOc1ccccc1C(=O)NCc1ccc(-c2csc(C)n2)cc1. The van der Waals surface area contributed by atoms with Gasteiger partial charge in [-0.25, -0.2) is 4.98 Å². The van der Waals surface area contributed by atoms with Gasteiger partial charge in [-0.1, -0.05) is 36.4 Å². The summed E-state index contributed by atoms with van der Waals surface area (Å²) < 4.78 is 5.51. The van der Waals surface area contributed by atoms with Crippen LogP contribution in [0, 0.1) is 6.92 Å². The van der Waals surface area contributed by atoms with Gasteiger partial charge in [0.1, 0.15) is 5.75 Å². The third-order valence-corrected chi connectivity index (χ3v) is 4.53. The number of hydrogen-bond acceptors (Lipinski definition) is 4. The number of ether oxygens (including phenoxy) is 1. The van der Waals surface area contributed by atoms with Crippen LogP contribution in [0.4, 0.5) is 0 Å². The van der Waals surface area contributed by atoms with Crippen molar-refractivity contribution >= 4 is 17.2 Å². The minimum atomic E-state index is -0.136. The van der Waals surface area contributed by atoms with E-state index >= 15 is 0 Å². The molecule has 1 heterocycles. The van der Waals surface area contributed by atoms with E-state index in [0.717, 1.165) is 21.8 Å². The van der Waals surface area contributed by atoms with Gasteiger partial charge in [0.25, 0.3) is 5.91 Å². The third-order valence-electron chi connectivity index (χ3n) is 3.75. The number of nitrogens with one attached hydrogen (secondary N) is 1. The first-order valence-corrected chi connectivity index (χ1v) is 9.07. The van der Waals surface area contributed by atoms with Crippen molar-refractivity contribution < 1.29 is 9.53 Å². The molecule has 2 aromatic carbocycles. The molecule has 0 aliphatic heterocycles. The Bertz CT molecular complexity index is 856. The van der Waals surface area contributed by atoms with Gasteiger partial charge in [0, 0.05) is 17.5 Å². The average molecular weight is 352 g/mol. The number of thiazole rings is 1. The normalized spacial score (nSPS) is 10.5. The van der Waals surface area contributed by atoms with Crippen molar-refractivity contribution in [3.63, 3.8) is 0 Å². The number of benzene rings is 2. The smallest absolute Gasteiger partial charge is 0.255 e. The number of hydrogen-bond donors (Lipinski definition) is 1. The van der Waals surface area contributed by atoms with Crippen LogP contribution in [0.1, 0.15) is 27.9 Å². The maximum absolute atomic E-state index is 12.4. The molecule has 3 aromatic rings. The predicted octanol–water partition coefficient (Wildman–Crippen LogP) is 4.45. The lowest BCUT2D eigenvalue weighted by Gasteiger charge is -2.10. The average Bonchev–Trinajstić information content (AvgIpc) is 3.07. The summed E-state index contributed by atoms with van der Waals surface area (Å²) in [6.45, 7) is 4.90. The molecule has 25 heavy (non-hydrogen) atoms. The van der Waals surface area contributed by atoms with Crippen LogP contribution in [0.2, 0.25) is 0 Å². The van der Waals surface area contributed by atoms with E-state index in [-0.39, 0.29) is 5.91 Å². The molecule has 4 nitrogen and oxygen atoms in total. The van der Waals surface area contributed by atoms with E-state index in [1.165, 1.54) is 0 Å². The number of carbonyl (C=O) groups excluding carboxylic acids is 1. The molecule has 0 bridgehead atoms. The zero-order valence-electron chi connectivity index (χ0n) is 14.3. The van der Waals surface area contributed by atoms with Crippen LogP contribution >= 0.6 is 11.3 Å². The zero-order valence-corrected chi connectivity index (χ0v) is 15.1. The molecule has 0 radical (unpaired) electrons. The summed E-state index contributed by atoms with van der Waals surface area (Å²) in [5.74, 6) is 0.472. The van der Waals surface area contributed by atoms with Gasteiger partial charge >= 0.3 is 0 Å². The van der Waals surface area contributed by atoms with E-state index in [4.69, 9.17) is 4.74 Å². The van der Waals surface area contributed by atoms with E-state index < -0.39 is 0 Å². The van der Waals surface area contributed by atoms with Crippen LogP contribution in [-0.2, 0) is 6.54 Å². The van der Waals surface area contributed by atoms with Crippen LogP contribution in [0.15, 0.2) is 53.9 Å². The van der Waals surface area contributed by atoms with Crippen molar-refractivity contribution in [2.75, 3.05) is 6.61 Å². The lowest BCUT2D eigenvalue weighted by molar-refractivity contribution is 0.0947. The highest BCUT2D eigenvalue weighted by Crippen LogP contribution is 2.22. The third kappa shape index (κ3) is 4.25. The molecule has 0 spiro atoms. The number of aromatic nitrogens is 1. The number of rotatable bonds is 6. The fourth-order valence-electron chi connectivity index (χ4n) is 2.50. The zero-order chi connectivity index (χ0) is 17.6. The maximum atomic E-state index is 12.4. The van der Waals surface area contributed by atoms with Crippen molar-refractivity contribution in [2.24, 2.45) is 0 Å². The second-order valence-corrected chi connectivity index (χ2v) is 6.62. The Kier molecular flexibility index (Phi) is 5.46. The van der Waals surface area contributed by atoms with E-state index in [0.29, 0.717) is 24.5 Å². The van der Waals surface area contributed by atoms with E-state index in [1.807, 2.05) is 56.3 Å². The fourth-order valence-corrected chi connectivity index (χ4v) is 3.12. The van der Waals surface area contributed by atoms with Gasteiger partial charge in [0.15, 0.2) is 0 Å². The molecule has 0 atom stereocenters. The predicted molar refractivity (Wildman–Crippen MR) is 101 cm³/mol. The molecule has 1 amide bonds. The molecule has 0 saturated heterocycles. The quantitative estimate of drug-likeness (QED) is 0.713. The Hall–Kier alpha value is -2.66. The van der Waals surface area contributed by atoms with E-state index in [9.17, 15) is 4.79 Å². The Morgan fingerprint density at radius 2 is 1.92 bits per heavy atom. The van der Waals surface area contributed by atoms with Crippen LogP contribution in [-0.4, -0.2) is 17.5 Å². The monoisotopic (exact) mass is 352 g/mol. The first-order valence-electron chi connectivity index (χ1n) is 8.19. The lowest BCUT2D eigenvalue weighted by Crippen LogP contribution is -2.23. The first kappa shape index (κ1) is 17.2. The Morgan fingerprint density at radius 3 is 2.60 bits per heavy atom. The topological polar surface area (TPSA) is 51.2 Å². The number of carbonyl (C=O) groups is 1. The summed E-state index contributed by atoms with van der Waals surface area (Å²) in [7, 11) is 0. The molecule has 1 aromatic heterocycles. The van der Waals surface area contributed by atoms with Gasteiger partial charge in [-0.05, 0) is 31.5 Å². The number of aryl methyl sites for hydroxylation is 1. The number of nitrogens with zero attached hydrogens (tertiary/aromatic N) is 1. The molecule has 0 saturated carbocycles. The number of amides is 1. The largest absolute Gasteiger partial charge is 0.493 e. The van der Waals surface area contributed by atoms with Crippen LogP contribution in [0.3, 0.4) is 0 Å². The van der Waals surface area contributed by atoms with Gasteiger partial charge in [-0.3, -0.25) is 4.79 Å². The Labute approximate surface area is 151 Å². The highest BCUT2D eigenvalue weighted by atomic mass is 32.1. The van der Waals surface area contributed by atoms with Crippen molar-refractivity contribution in [1.82, 2.24) is 10.3 Å². The fraction of sp³-hybridized carbons (Fsp3) is 0.200. The molecular formula is C20H20N2O2S. The second kappa shape index (κ2) is 7.94. The summed E-state index contributed by atoms with van der Waals surface area (Å²) in [6, 6.07) is 15.4. The van der Waals surface area contributed by atoms with Crippen molar-refractivity contribution in [1.29, 1.82) is 0 Å². The maximum Gasteiger partial charge on any atom is 0.255 e. The minimum Gasteiger partial charge on any atom is -0.493 e. The summed E-state index contributed by atoms with van der Waals surface area (Å²) >= 11 is 1.64. The first-order chi connectivity index (χ1) is 12.2. The second-order valence-electron chi connectivity index (χ2n) is 5.56. The molecule has 5 heteroatoms. The lowest BCUT2D eigenvalue weighted by atomic mass is 10.1. The summed E-state index contributed by atoms with van der Waals surface area (Å²) in [6.07, 6.45) is 0. The van der Waals surface area contributed by atoms with Crippen LogP contribution < -0.4 is 10.1 Å². The highest BCUT2D eigenvalue weighted by molar-refractivity contribution is 7.09. The van der Waals surface area contributed by atoms with E-state index in [1.54, 1.807) is 17.4 Å². The Morgan fingerprint density at radius 1 is 1.16 bits per heavy atom. The molecule has 0 aliphatic rings. The molecule has 0 aliphatic carbocycles. The number of para-hydroxylation sites is 1. The molecule has 128 valence electrons. The molecule has 1 N–H and O–H groups in total. The van der Waals surface area contributed by atoms with E-state index in [2.05, 4.69) is 15.7 Å². The molecule has 3 rings (SSSR count). The highest BCUT2D eigenvalue weighted by Gasteiger charge is 2.11. The minimum absolute atomic E-state index is 0.136. The van der Waals surface area contributed by atoms with Crippen LogP contribution in [0.5, 0.6) is 5.75 Å². The molecule has 0 fully saturated rings. The standard InChI is InChI=1S/C20H20N2O2S/c1-3-24-19-7-5-4-6-17(19)20(23)21-12-15-8-10-16(11-9-15)18-13-25-14(2)22-18/h4-11,13H,3,12H2,1-2H3,(H,21,23). The summed E-state index contributed by atoms with van der Waals surface area (Å²) in [5, 5.41) is 6.05. The Balaban J connectivity index is 1.64. The van der Waals surface area contributed by atoms with Crippen molar-refractivity contribution in [3.05, 3.63) is 70.0 Å². The van der Waals surface area contributed by atoms with Gasteiger partial charge < -0.3 is 10.1 Å². The van der Waals surface area contributed by atoms with Crippen molar-refractivity contribution in [2.45, 2.75) is 20.4 Å². The molecular weight excluding hydrogens is 332 g/mol. The summed E-state index contributed by atoms with van der Waals surface area (Å²) in [5.41, 5.74) is 3.67. The van der Waals surface area contributed by atoms with Gasteiger partial charge in [0.2, 0.25) is 0 Å². The molecule has 0 unspecified atom stereocenters.